The first-order chi connectivity index (χ1) is 14.4. The van der Waals surface area contributed by atoms with E-state index in [1.165, 1.54) is 24.3 Å². The topological polar surface area (TPSA) is 123 Å². The Bertz CT molecular complexity index is 1040. The van der Waals surface area contributed by atoms with Crippen LogP contribution < -0.4 is 24.2 Å². The Morgan fingerprint density at radius 1 is 1.17 bits per heavy atom. The van der Waals surface area contributed by atoms with Crippen molar-refractivity contribution in [3.05, 3.63) is 48.0 Å². The van der Waals surface area contributed by atoms with Crippen LogP contribution in [0.4, 0.5) is 0 Å². The van der Waals surface area contributed by atoms with Crippen molar-refractivity contribution in [3.8, 4) is 17.2 Å². The molecule has 0 bridgehead atoms. The largest absolute Gasteiger partial charge is 0.491 e. The van der Waals surface area contributed by atoms with E-state index in [-0.39, 0.29) is 36.4 Å². The normalized spacial score (nSPS) is 16.2. The van der Waals surface area contributed by atoms with E-state index in [4.69, 9.17) is 14.2 Å². The molecule has 2 aliphatic rings. The van der Waals surface area contributed by atoms with Crippen LogP contribution in [0.5, 0.6) is 17.2 Å². The first-order valence-corrected chi connectivity index (χ1v) is 11.0. The molecule has 10 heteroatoms. The predicted molar refractivity (Wildman–Crippen MR) is 106 cm³/mol. The lowest BCUT2D eigenvalue weighted by Gasteiger charge is -2.14. The Balaban J connectivity index is 1.28. The van der Waals surface area contributed by atoms with Gasteiger partial charge in [-0.05, 0) is 43.2 Å². The summed E-state index contributed by atoms with van der Waals surface area (Å²) in [4.78, 5) is 12.4. The smallest absolute Gasteiger partial charge is 0.251 e. The number of aliphatic hydroxyl groups excluding tert-OH is 1. The van der Waals surface area contributed by atoms with Crippen LogP contribution in [0.1, 0.15) is 23.2 Å². The number of nitrogens with one attached hydrogen (secondary N) is 2. The maximum atomic E-state index is 12.4. The van der Waals surface area contributed by atoms with Crippen LogP contribution in [0.15, 0.2) is 47.4 Å². The molecule has 1 unspecified atom stereocenters. The number of carbonyl (C=O) groups excluding carboxylic acids is 1. The Labute approximate surface area is 174 Å². The van der Waals surface area contributed by atoms with Crippen molar-refractivity contribution in [2.45, 2.75) is 29.9 Å². The fraction of sp³-hybridized carbons (Fsp3) is 0.350. The van der Waals surface area contributed by atoms with Gasteiger partial charge in [0.15, 0.2) is 11.5 Å². The van der Waals surface area contributed by atoms with Crippen LogP contribution in [0.25, 0.3) is 0 Å². The van der Waals surface area contributed by atoms with Crippen molar-refractivity contribution in [1.29, 1.82) is 0 Å². The van der Waals surface area contributed by atoms with E-state index in [9.17, 15) is 18.3 Å². The Morgan fingerprint density at radius 2 is 1.97 bits per heavy atom. The Morgan fingerprint density at radius 3 is 2.77 bits per heavy atom. The number of rotatable bonds is 9. The van der Waals surface area contributed by atoms with Gasteiger partial charge in [-0.3, -0.25) is 4.79 Å². The number of amides is 1. The number of hydrogen-bond acceptors (Lipinski definition) is 7. The molecule has 3 N–H and O–H groups in total. The first-order valence-electron chi connectivity index (χ1n) is 9.52. The van der Waals surface area contributed by atoms with Gasteiger partial charge in [0.1, 0.15) is 18.5 Å². The molecule has 0 aromatic heterocycles. The second-order valence-electron chi connectivity index (χ2n) is 7.11. The monoisotopic (exact) mass is 434 g/mol. The summed E-state index contributed by atoms with van der Waals surface area (Å²) >= 11 is 0. The number of aliphatic hydroxyl groups is 1. The van der Waals surface area contributed by atoms with Crippen LogP contribution >= 0.6 is 0 Å². The molecule has 1 aliphatic heterocycles. The third-order valence-corrected chi connectivity index (χ3v) is 6.11. The summed E-state index contributed by atoms with van der Waals surface area (Å²) < 4.78 is 43.2. The van der Waals surface area contributed by atoms with Gasteiger partial charge in [0.05, 0.1) is 4.90 Å². The molecule has 0 radical (unpaired) electrons. The molecule has 4 rings (SSSR count). The highest BCUT2D eigenvalue weighted by Crippen LogP contribution is 2.35. The first kappa shape index (κ1) is 20.5. The lowest BCUT2D eigenvalue weighted by Crippen LogP contribution is -2.35. The SMILES string of the molecule is O=C(NCC(O)COc1ccc2c(c1)OCO2)c1cccc(S(=O)(=O)NC2CC2)c1. The van der Waals surface area contributed by atoms with Gasteiger partial charge in [-0.15, -0.1) is 0 Å². The summed E-state index contributed by atoms with van der Waals surface area (Å²) in [6, 6.07) is 10.8. The molecule has 2 aromatic rings. The minimum atomic E-state index is -3.65. The minimum absolute atomic E-state index is 0.0209. The minimum Gasteiger partial charge on any atom is -0.491 e. The van der Waals surface area contributed by atoms with E-state index in [0.717, 1.165) is 12.8 Å². The van der Waals surface area contributed by atoms with Gasteiger partial charge in [0, 0.05) is 24.2 Å². The van der Waals surface area contributed by atoms with E-state index >= 15 is 0 Å². The number of carbonyl (C=O) groups is 1. The van der Waals surface area contributed by atoms with Crippen LogP contribution in [-0.4, -0.2) is 51.5 Å². The molecule has 160 valence electrons. The van der Waals surface area contributed by atoms with Crippen LogP contribution in [0.3, 0.4) is 0 Å². The molecule has 30 heavy (non-hydrogen) atoms. The maximum Gasteiger partial charge on any atom is 0.251 e. The zero-order valence-corrected chi connectivity index (χ0v) is 16.9. The highest BCUT2D eigenvalue weighted by Gasteiger charge is 2.28. The van der Waals surface area contributed by atoms with Crippen molar-refractivity contribution in [2.24, 2.45) is 0 Å². The zero-order chi connectivity index (χ0) is 21.1. The van der Waals surface area contributed by atoms with Crippen molar-refractivity contribution in [3.63, 3.8) is 0 Å². The molecule has 0 spiro atoms. The van der Waals surface area contributed by atoms with Gasteiger partial charge in [-0.2, -0.15) is 0 Å². The van der Waals surface area contributed by atoms with Gasteiger partial charge >= 0.3 is 0 Å². The highest BCUT2D eigenvalue weighted by atomic mass is 32.2. The lowest BCUT2D eigenvalue weighted by molar-refractivity contribution is 0.0843. The van der Waals surface area contributed by atoms with Crippen molar-refractivity contribution >= 4 is 15.9 Å². The third-order valence-electron chi connectivity index (χ3n) is 4.59. The number of ether oxygens (including phenoxy) is 3. The predicted octanol–water partition coefficient (Wildman–Crippen LogP) is 1.03. The second-order valence-corrected chi connectivity index (χ2v) is 8.83. The van der Waals surface area contributed by atoms with Crippen LogP contribution in [0, 0.1) is 0 Å². The fourth-order valence-electron chi connectivity index (χ4n) is 2.82. The number of benzene rings is 2. The van der Waals surface area contributed by atoms with Gasteiger partial charge in [-0.25, -0.2) is 13.1 Å². The Kier molecular flexibility index (Phi) is 5.80. The maximum absolute atomic E-state index is 12.4. The summed E-state index contributed by atoms with van der Waals surface area (Å²) in [5, 5.41) is 12.7. The van der Waals surface area contributed by atoms with E-state index in [1.54, 1.807) is 18.2 Å². The molecule has 1 saturated carbocycles. The number of hydrogen-bond donors (Lipinski definition) is 3. The average molecular weight is 434 g/mol. The summed E-state index contributed by atoms with van der Waals surface area (Å²) in [5.74, 6) is 1.22. The van der Waals surface area contributed by atoms with E-state index < -0.39 is 22.0 Å². The molecular weight excluding hydrogens is 412 g/mol. The fourth-order valence-corrected chi connectivity index (χ4v) is 4.17. The highest BCUT2D eigenvalue weighted by molar-refractivity contribution is 7.89. The summed E-state index contributed by atoms with van der Waals surface area (Å²) in [5.41, 5.74) is 0.192. The van der Waals surface area contributed by atoms with Gasteiger partial charge < -0.3 is 24.6 Å². The van der Waals surface area contributed by atoms with Crippen molar-refractivity contribution < 1.29 is 32.5 Å². The van der Waals surface area contributed by atoms with Gasteiger partial charge in [0.25, 0.3) is 5.91 Å². The van der Waals surface area contributed by atoms with Crippen LogP contribution in [-0.2, 0) is 10.0 Å². The van der Waals surface area contributed by atoms with Crippen LogP contribution in [0.2, 0.25) is 0 Å². The molecule has 1 fully saturated rings. The summed E-state index contributed by atoms with van der Waals surface area (Å²) in [6.45, 7) is 0.0624. The molecule has 1 aliphatic carbocycles. The number of sulfonamides is 1. The third kappa shape index (κ3) is 5.02. The quantitative estimate of drug-likeness (QED) is 0.539. The molecule has 2 aromatic carbocycles. The molecule has 1 atom stereocenters. The van der Waals surface area contributed by atoms with E-state index in [1.807, 2.05) is 0 Å². The molecule has 1 amide bonds. The average Bonchev–Trinajstić information content (AvgIpc) is 3.42. The van der Waals surface area contributed by atoms with E-state index in [2.05, 4.69) is 10.0 Å². The number of fused-ring (bicyclic) bond motifs is 1. The lowest BCUT2D eigenvalue weighted by atomic mass is 10.2. The molecule has 0 saturated heterocycles. The van der Waals surface area contributed by atoms with Gasteiger partial charge in [0.2, 0.25) is 16.8 Å². The molecule has 1 heterocycles. The van der Waals surface area contributed by atoms with Crippen molar-refractivity contribution in [2.75, 3.05) is 19.9 Å². The zero-order valence-electron chi connectivity index (χ0n) is 16.0. The molecule has 9 nitrogen and oxygen atoms in total. The second kappa shape index (κ2) is 8.50. The standard InChI is InChI=1S/C20H22N2O7S/c23-15(11-27-16-6-7-18-19(9-16)29-12-28-18)10-21-20(24)13-2-1-3-17(8-13)30(25,26)22-14-4-5-14/h1-3,6-9,14-15,22-23H,4-5,10-12H2,(H,21,24). The van der Waals surface area contributed by atoms with E-state index in [0.29, 0.717) is 17.2 Å². The Hall–Kier alpha value is -2.82. The van der Waals surface area contributed by atoms with Crippen molar-refractivity contribution in [1.82, 2.24) is 10.0 Å². The summed E-state index contributed by atoms with van der Waals surface area (Å²) in [7, 11) is -3.65. The molecular formula is C20H22N2O7S. The summed E-state index contributed by atoms with van der Waals surface area (Å²) in [6.07, 6.45) is 0.694. The van der Waals surface area contributed by atoms with Gasteiger partial charge in [-0.1, -0.05) is 6.07 Å².